The van der Waals surface area contributed by atoms with Crippen LogP contribution in [0.25, 0.3) is 0 Å². The Balaban J connectivity index is 1.52. The van der Waals surface area contributed by atoms with Crippen LogP contribution in [0.3, 0.4) is 0 Å². The molecule has 40 heavy (non-hydrogen) atoms. The molecule has 1 atom stereocenters. The summed E-state index contributed by atoms with van der Waals surface area (Å²) in [6.07, 6.45) is 4.41. The number of benzene rings is 3. The van der Waals surface area contributed by atoms with Gasteiger partial charge in [0.2, 0.25) is 0 Å². The van der Waals surface area contributed by atoms with Gasteiger partial charge in [0.25, 0.3) is 5.91 Å². The Morgan fingerprint density at radius 2 is 1.52 bits per heavy atom. The van der Waals surface area contributed by atoms with E-state index in [0.717, 1.165) is 5.56 Å². The first-order valence-corrected chi connectivity index (χ1v) is 13.9. The number of carbonyl (C=O) groups is 3. The molecule has 210 valence electrons. The van der Waals surface area contributed by atoms with Crippen LogP contribution in [0.2, 0.25) is 10.0 Å². The van der Waals surface area contributed by atoms with Gasteiger partial charge in [-0.05, 0) is 72.4 Å². The minimum atomic E-state index is -1.69. The van der Waals surface area contributed by atoms with Crippen LogP contribution in [0, 0.1) is 0 Å². The fraction of sp³-hybridized carbons (Fsp3) is 0.300. The quantitative estimate of drug-likeness (QED) is 0.230. The molecule has 0 aliphatic heterocycles. The molecule has 3 amide bonds. The van der Waals surface area contributed by atoms with Crippen LogP contribution < -0.4 is 15.5 Å². The largest absolute Gasteiger partial charge is 0.479 e. The average molecular weight is 585 g/mol. The molecular weight excluding hydrogens is 553 g/mol. The Labute approximate surface area is 242 Å². The number of rotatable bonds is 9. The summed E-state index contributed by atoms with van der Waals surface area (Å²) in [5.41, 5.74) is 3.49. The lowest BCUT2D eigenvalue weighted by Crippen LogP contribution is -2.36. The molecule has 8 nitrogen and oxygen atoms in total. The van der Waals surface area contributed by atoms with Crippen molar-refractivity contribution in [2.24, 2.45) is 0 Å². The van der Waals surface area contributed by atoms with E-state index in [1.54, 1.807) is 47.4 Å². The van der Waals surface area contributed by atoms with Crippen molar-refractivity contribution in [3.8, 4) is 0 Å². The van der Waals surface area contributed by atoms with Crippen LogP contribution >= 0.6 is 23.2 Å². The number of aliphatic hydroxyl groups is 1. The summed E-state index contributed by atoms with van der Waals surface area (Å²) in [5.74, 6) is -1.40. The van der Waals surface area contributed by atoms with Gasteiger partial charge in [0.1, 0.15) is 0 Å². The highest BCUT2D eigenvalue weighted by Gasteiger charge is 2.20. The monoisotopic (exact) mass is 583 g/mol. The molecule has 0 aromatic heterocycles. The number of aliphatic carboxylic acids is 1. The zero-order chi connectivity index (χ0) is 28.6. The molecule has 0 unspecified atom stereocenters. The van der Waals surface area contributed by atoms with Gasteiger partial charge in [-0.2, -0.15) is 0 Å². The van der Waals surface area contributed by atoms with Gasteiger partial charge in [0.05, 0.1) is 13.1 Å². The van der Waals surface area contributed by atoms with Crippen LogP contribution in [0.15, 0.2) is 66.7 Å². The molecule has 1 saturated carbocycles. The molecule has 4 rings (SSSR count). The normalized spacial score (nSPS) is 14.3. The third-order valence-corrected chi connectivity index (χ3v) is 7.37. The van der Waals surface area contributed by atoms with Crippen LogP contribution in [0.5, 0.6) is 0 Å². The Kier molecular flexibility index (Phi) is 10.0. The number of aliphatic hydroxyl groups excluding tert-OH is 1. The van der Waals surface area contributed by atoms with Crippen molar-refractivity contribution in [1.29, 1.82) is 0 Å². The average Bonchev–Trinajstić information content (AvgIpc) is 2.94. The topological polar surface area (TPSA) is 119 Å². The van der Waals surface area contributed by atoms with Crippen molar-refractivity contribution < 1.29 is 24.6 Å². The molecule has 0 spiro atoms. The van der Waals surface area contributed by atoms with E-state index in [1.165, 1.54) is 37.7 Å². The van der Waals surface area contributed by atoms with Crippen molar-refractivity contribution in [3.63, 3.8) is 0 Å². The smallest absolute Gasteiger partial charge is 0.334 e. The molecule has 0 radical (unpaired) electrons. The Morgan fingerprint density at radius 3 is 2.12 bits per heavy atom. The lowest BCUT2D eigenvalue weighted by Gasteiger charge is -2.26. The number of nitrogens with one attached hydrogen (secondary N) is 2. The minimum absolute atomic E-state index is 0.211. The summed E-state index contributed by atoms with van der Waals surface area (Å²) in [5, 5.41) is 24.2. The summed E-state index contributed by atoms with van der Waals surface area (Å²) in [7, 11) is 0. The maximum Gasteiger partial charge on any atom is 0.334 e. The zero-order valence-corrected chi connectivity index (χ0v) is 23.3. The predicted octanol–water partition coefficient (Wildman–Crippen LogP) is 6.46. The fourth-order valence-electron chi connectivity index (χ4n) is 4.78. The molecule has 0 bridgehead atoms. The summed E-state index contributed by atoms with van der Waals surface area (Å²) in [6, 6.07) is 19.1. The number of hydrogen-bond acceptors (Lipinski definition) is 4. The van der Waals surface area contributed by atoms with E-state index in [-0.39, 0.29) is 12.6 Å². The molecule has 3 aromatic carbocycles. The van der Waals surface area contributed by atoms with Gasteiger partial charge < -0.3 is 20.8 Å². The van der Waals surface area contributed by atoms with Crippen LogP contribution in [-0.2, 0) is 11.3 Å². The molecular formula is C30H31Cl2N3O5. The number of urea groups is 1. The number of anilines is 2. The first kappa shape index (κ1) is 29.4. The minimum Gasteiger partial charge on any atom is -0.479 e. The third kappa shape index (κ3) is 7.97. The predicted molar refractivity (Wildman–Crippen MR) is 156 cm³/mol. The maximum atomic E-state index is 13.5. The maximum absolute atomic E-state index is 13.5. The van der Waals surface area contributed by atoms with Crippen LogP contribution in [-0.4, -0.2) is 40.8 Å². The second kappa shape index (κ2) is 13.7. The number of carboxylic acid groups (broad SMARTS) is 1. The lowest BCUT2D eigenvalue weighted by molar-refractivity contribution is -0.146. The van der Waals surface area contributed by atoms with E-state index in [1.807, 2.05) is 12.1 Å². The van der Waals surface area contributed by atoms with Crippen LogP contribution in [0.4, 0.5) is 16.2 Å². The summed E-state index contributed by atoms with van der Waals surface area (Å²) in [6.45, 7) is -0.198. The number of hydrogen-bond donors (Lipinski definition) is 4. The van der Waals surface area contributed by atoms with Gasteiger partial charge in [-0.25, -0.2) is 9.59 Å². The second-order valence-electron chi connectivity index (χ2n) is 9.86. The van der Waals surface area contributed by atoms with E-state index in [4.69, 9.17) is 28.3 Å². The van der Waals surface area contributed by atoms with Crippen molar-refractivity contribution in [1.82, 2.24) is 5.32 Å². The Hall–Kier alpha value is -3.59. The molecule has 4 N–H and O–H groups in total. The molecule has 1 aliphatic carbocycles. The first-order valence-electron chi connectivity index (χ1n) is 13.1. The van der Waals surface area contributed by atoms with Crippen LogP contribution in [0.1, 0.15) is 59.5 Å². The summed E-state index contributed by atoms with van der Waals surface area (Å²) < 4.78 is 0. The van der Waals surface area contributed by atoms with E-state index < -0.39 is 24.5 Å². The van der Waals surface area contributed by atoms with Crippen molar-refractivity contribution >= 4 is 52.5 Å². The van der Waals surface area contributed by atoms with Gasteiger partial charge in [-0.1, -0.05) is 66.7 Å². The van der Waals surface area contributed by atoms with E-state index in [2.05, 4.69) is 22.8 Å². The van der Waals surface area contributed by atoms with Gasteiger partial charge >= 0.3 is 12.0 Å². The van der Waals surface area contributed by atoms with Crippen molar-refractivity contribution in [2.75, 3.05) is 16.8 Å². The van der Waals surface area contributed by atoms with Gasteiger partial charge in [-0.15, -0.1) is 0 Å². The Morgan fingerprint density at radius 1 is 0.900 bits per heavy atom. The van der Waals surface area contributed by atoms with E-state index in [0.29, 0.717) is 32.9 Å². The molecule has 0 heterocycles. The third-order valence-electron chi connectivity index (χ3n) is 6.94. The number of amides is 3. The molecule has 1 aliphatic rings. The van der Waals surface area contributed by atoms with Gasteiger partial charge in [-0.3, -0.25) is 9.69 Å². The highest BCUT2D eigenvalue weighted by atomic mass is 35.5. The number of carboxylic acids is 1. The lowest BCUT2D eigenvalue weighted by atomic mass is 9.84. The summed E-state index contributed by atoms with van der Waals surface area (Å²) >= 11 is 12.2. The van der Waals surface area contributed by atoms with Gasteiger partial charge in [0, 0.05) is 27.0 Å². The molecule has 10 heteroatoms. The van der Waals surface area contributed by atoms with Crippen molar-refractivity contribution in [3.05, 3.63) is 93.5 Å². The van der Waals surface area contributed by atoms with E-state index in [9.17, 15) is 19.5 Å². The molecule has 0 saturated heterocycles. The molecule has 3 aromatic rings. The highest BCUT2D eigenvalue weighted by Crippen LogP contribution is 2.34. The number of carbonyl (C=O) groups excluding carboxylic acids is 2. The summed E-state index contributed by atoms with van der Waals surface area (Å²) in [4.78, 5) is 38.2. The van der Waals surface area contributed by atoms with E-state index >= 15 is 0 Å². The zero-order valence-electron chi connectivity index (χ0n) is 21.8. The highest BCUT2D eigenvalue weighted by molar-refractivity contribution is 6.35. The molecule has 1 fully saturated rings. The second-order valence-corrected chi connectivity index (χ2v) is 10.7. The first-order chi connectivity index (χ1) is 19.2. The van der Waals surface area contributed by atoms with Crippen molar-refractivity contribution in [2.45, 2.75) is 50.7 Å². The number of halogens is 2. The van der Waals surface area contributed by atoms with Gasteiger partial charge in [0.15, 0.2) is 6.10 Å². The Bertz CT molecular complexity index is 1320. The standard InChI is InChI=1S/C30H31Cl2N3O5/c31-23-14-24(32)16-25(15-23)34-30(40)35(26-12-10-21(11-13-26)20-4-2-1-3-5-20)18-19-6-8-22(9-7-19)28(37)33-17-27(36)29(38)39/h6-16,20,27,36H,1-5,17-18H2,(H,33,37)(H,34,40)(H,38,39)/t27-/m1/s1. The fourth-order valence-corrected chi connectivity index (χ4v) is 5.31. The number of nitrogens with zero attached hydrogens (tertiary/aromatic N) is 1. The SMILES string of the molecule is O=C(NC[C@@H](O)C(=O)O)c1ccc(CN(C(=O)Nc2cc(Cl)cc(Cl)c2)c2ccc(C3CCCCC3)cc2)cc1.